The van der Waals surface area contributed by atoms with Gasteiger partial charge in [0.25, 0.3) is 0 Å². The smallest absolute Gasteiger partial charge is 0.307 e. The van der Waals surface area contributed by atoms with Crippen LogP contribution in [0.2, 0.25) is 24.2 Å². The highest BCUT2D eigenvalue weighted by molar-refractivity contribution is 6.80. The third kappa shape index (κ3) is 13.3. The van der Waals surface area contributed by atoms with E-state index in [0.717, 1.165) is 17.8 Å². The molecule has 0 fully saturated rings. The minimum atomic E-state index is -1.05. The molecule has 1 aromatic rings. The Hall–Kier alpha value is -1.29. The van der Waals surface area contributed by atoms with Crippen LogP contribution in [0.15, 0.2) is 24.3 Å². The summed E-state index contributed by atoms with van der Waals surface area (Å²) in [6, 6.07) is 9.24. The molecule has 184 valence electrons. The van der Waals surface area contributed by atoms with E-state index in [-0.39, 0.29) is 6.42 Å². The van der Waals surface area contributed by atoms with Gasteiger partial charge in [0.1, 0.15) is 0 Å². The highest BCUT2D eigenvalue weighted by Gasteiger charge is 2.33. The van der Waals surface area contributed by atoms with Crippen molar-refractivity contribution in [2.45, 2.75) is 128 Å². The first-order chi connectivity index (χ1) is 15.1. The lowest BCUT2D eigenvalue weighted by Gasteiger charge is -2.37. The van der Waals surface area contributed by atoms with Crippen LogP contribution in [0.5, 0.6) is 0 Å². The molecule has 1 rings (SSSR count). The number of anilines is 1. The first kappa shape index (κ1) is 28.7. The van der Waals surface area contributed by atoms with Crippen molar-refractivity contribution in [2.24, 2.45) is 0 Å². The normalized spacial score (nSPS) is 12.2. The molecule has 0 aliphatic heterocycles. The van der Waals surface area contributed by atoms with Crippen LogP contribution in [-0.2, 0) is 11.2 Å². The summed E-state index contributed by atoms with van der Waals surface area (Å²) in [5.74, 6) is -0.779. The topological polar surface area (TPSA) is 49.3 Å². The van der Waals surface area contributed by atoms with Gasteiger partial charge in [0.2, 0.25) is 0 Å². The van der Waals surface area contributed by atoms with E-state index in [1.165, 1.54) is 83.1 Å². The Morgan fingerprint density at radius 2 is 1.22 bits per heavy atom. The number of hydrogen-bond donors (Lipinski definition) is 2. The molecular formula is C28H51NO2Si. The van der Waals surface area contributed by atoms with Gasteiger partial charge in [-0.05, 0) is 29.2 Å². The highest BCUT2D eigenvalue weighted by atomic mass is 28.3. The van der Waals surface area contributed by atoms with Crippen LogP contribution in [0.1, 0.15) is 103 Å². The van der Waals surface area contributed by atoms with Gasteiger partial charge in [-0.1, -0.05) is 123 Å². The number of rotatable bonds is 18. The third-order valence-corrected chi connectivity index (χ3v) is 13.1. The van der Waals surface area contributed by atoms with E-state index >= 15 is 0 Å². The SMILES string of the molecule is CC(C)(C)[Si](C)(C)CCCCCCCCCCCCCCNc1ccc(CC(=O)O)cc1. The summed E-state index contributed by atoms with van der Waals surface area (Å²) in [5.41, 5.74) is 1.93. The quantitative estimate of drug-likeness (QED) is 0.169. The Balaban J connectivity index is 1.87. The fourth-order valence-electron chi connectivity index (χ4n) is 3.98. The lowest BCUT2D eigenvalue weighted by molar-refractivity contribution is -0.136. The average Bonchev–Trinajstić information content (AvgIpc) is 2.70. The van der Waals surface area contributed by atoms with Crippen LogP contribution in [0.3, 0.4) is 0 Å². The minimum absolute atomic E-state index is 0.0949. The zero-order chi connectivity index (χ0) is 23.9. The zero-order valence-electron chi connectivity index (χ0n) is 21.8. The molecule has 0 aliphatic carbocycles. The zero-order valence-corrected chi connectivity index (χ0v) is 22.8. The molecule has 0 spiro atoms. The van der Waals surface area contributed by atoms with Crippen molar-refractivity contribution in [3.8, 4) is 0 Å². The molecule has 0 amide bonds. The van der Waals surface area contributed by atoms with E-state index in [0.29, 0.717) is 5.04 Å². The predicted molar refractivity (Wildman–Crippen MR) is 144 cm³/mol. The van der Waals surface area contributed by atoms with Crippen LogP contribution in [0, 0.1) is 0 Å². The summed E-state index contributed by atoms with van der Waals surface area (Å²) in [7, 11) is -1.05. The van der Waals surface area contributed by atoms with Gasteiger partial charge in [0.05, 0.1) is 14.5 Å². The second-order valence-electron chi connectivity index (χ2n) is 11.3. The second kappa shape index (κ2) is 15.5. The molecule has 0 radical (unpaired) electrons. The number of carboxylic acid groups (broad SMARTS) is 1. The molecule has 4 heteroatoms. The van der Waals surface area contributed by atoms with Crippen molar-refractivity contribution in [1.82, 2.24) is 0 Å². The van der Waals surface area contributed by atoms with Crippen molar-refractivity contribution in [2.75, 3.05) is 11.9 Å². The average molecular weight is 462 g/mol. The number of benzene rings is 1. The standard InChI is InChI=1S/C28H51NO2Si/c1-28(2,3)32(4,5)23-17-15-13-11-9-7-6-8-10-12-14-16-22-29-26-20-18-25(19-21-26)24-27(30)31/h18-21,29H,6-17,22-24H2,1-5H3,(H,30,31). The van der Waals surface area contributed by atoms with Crippen LogP contribution in [-0.4, -0.2) is 25.7 Å². The van der Waals surface area contributed by atoms with E-state index in [1.54, 1.807) is 0 Å². The summed E-state index contributed by atoms with van der Waals surface area (Å²) in [6.45, 7) is 13.4. The van der Waals surface area contributed by atoms with Gasteiger partial charge in [0, 0.05) is 12.2 Å². The molecule has 1 aromatic carbocycles. The lowest BCUT2D eigenvalue weighted by Crippen LogP contribution is -2.36. The second-order valence-corrected chi connectivity index (χ2v) is 17.1. The molecule has 32 heavy (non-hydrogen) atoms. The lowest BCUT2D eigenvalue weighted by atomic mass is 10.1. The van der Waals surface area contributed by atoms with Crippen LogP contribution in [0.25, 0.3) is 0 Å². The summed E-state index contributed by atoms with van der Waals surface area (Å²) in [6.07, 6.45) is 16.7. The monoisotopic (exact) mass is 461 g/mol. The van der Waals surface area contributed by atoms with E-state index in [9.17, 15) is 4.79 Å². The Kier molecular flexibility index (Phi) is 13.9. The molecule has 0 aromatic heterocycles. The molecular weight excluding hydrogens is 410 g/mol. The number of unbranched alkanes of at least 4 members (excludes halogenated alkanes) is 11. The molecule has 0 bridgehead atoms. The van der Waals surface area contributed by atoms with Crippen LogP contribution in [0.4, 0.5) is 5.69 Å². The molecule has 3 nitrogen and oxygen atoms in total. The van der Waals surface area contributed by atoms with Gasteiger partial charge < -0.3 is 10.4 Å². The summed E-state index contributed by atoms with van der Waals surface area (Å²) >= 11 is 0. The van der Waals surface area contributed by atoms with Crippen molar-refractivity contribution >= 4 is 19.7 Å². The van der Waals surface area contributed by atoms with E-state index in [2.05, 4.69) is 39.2 Å². The Morgan fingerprint density at radius 3 is 1.66 bits per heavy atom. The number of carboxylic acids is 1. The summed E-state index contributed by atoms with van der Waals surface area (Å²) in [5, 5.41) is 12.8. The molecule has 0 saturated heterocycles. The van der Waals surface area contributed by atoms with Gasteiger partial charge in [0.15, 0.2) is 0 Å². The number of aliphatic carboxylic acids is 1. The maximum absolute atomic E-state index is 10.7. The van der Waals surface area contributed by atoms with Gasteiger partial charge in [-0.3, -0.25) is 4.79 Å². The molecule has 0 unspecified atom stereocenters. The number of hydrogen-bond acceptors (Lipinski definition) is 2. The summed E-state index contributed by atoms with van der Waals surface area (Å²) in [4.78, 5) is 10.7. The molecule has 0 heterocycles. The Labute approximate surface area is 199 Å². The first-order valence-electron chi connectivity index (χ1n) is 13.2. The maximum Gasteiger partial charge on any atom is 0.307 e. The third-order valence-electron chi connectivity index (χ3n) is 7.40. The van der Waals surface area contributed by atoms with Crippen molar-refractivity contribution in [3.05, 3.63) is 29.8 Å². The number of nitrogens with one attached hydrogen (secondary N) is 1. The Bertz CT molecular complexity index is 619. The van der Waals surface area contributed by atoms with Gasteiger partial charge in [-0.2, -0.15) is 0 Å². The van der Waals surface area contributed by atoms with Crippen LogP contribution < -0.4 is 5.32 Å². The van der Waals surface area contributed by atoms with Gasteiger partial charge in [-0.15, -0.1) is 0 Å². The summed E-state index contributed by atoms with van der Waals surface area (Å²) < 4.78 is 0. The first-order valence-corrected chi connectivity index (χ1v) is 16.4. The predicted octanol–water partition coefficient (Wildman–Crippen LogP) is 8.92. The van der Waals surface area contributed by atoms with Gasteiger partial charge >= 0.3 is 5.97 Å². The number of carbonyl (C=O) groups is 1. The highest BCUT2D eigenvalue weighted by Crippen LogP contribution is 2.39. The van der Waals surface area contributed by atoms with E-state index in [1.807, 2.05) is 24.3 Å². The fourth-order valence-corrected chi connectivity index (χ4v) is 5.87. The van der Waals surface area contributed by atoms with Crippen LogP contribution >= 0.6 is 0 Å². The largest absolute Gasteiger partial charge is 0.481 e. The molecule has 0 saturated carbocycles. The molecule has 0 aliphatic rings. The van der Waals surface area contributed by atoms with E-state index < -0.39 is 14.0 Å². The maximum atomic E-state index is 10.7. The van der Waals surface area contributed by atoms with Gasteiger partial charge in [-0.25, -0.2) is 0 Å². The minimum Gasteiger partial charge on any atom is -0.481 e. The Morgan fingerprint density at radius 1 is 0.781 bits per heavy atom. The molecule has 0 atom stereocenters. The van der Waals surface area contributed by atoms with Crippen molar-refractivity contribution in [3.63, 3.8) is 0 Å². The molecule has 2 N–H and O–H groups in total. The fraction of sp³-hybridized carbons (Fsp3) is 0.750. The van der Waals surface area contributed by atoms with Crippen molar-refractivity contribution in [1.29, 1.82) is 0 Å². The van der Waals surface area contributed by atoms with E-state index in [4.69, 9.17) is 5.11 Å². The van der Waals surface area contributed by atoms with Crippen molar-refractivity contribution < 1.29 is 9.90 Å².